The molecule has 0 aliphatic carbocycles. The van der Waals surface area contributed by atoms with Crippen molar-refractivity contribution in [2.24, 2.45) is 0 Å². The van der Waals surface area contributed by atoms with Gasteiger partial charge in [-0.05, 0) is 86.0 Å². The molecule has 2 fully saturated rings. The van der Waals surface area contributed by atoms with Gasteiger partial charge in [-0.25, -0.2) is 0 Å². The molecule has 7 rings (SSSR count). The van der Waals surface area contributed by atoms with E-state index in [0.717, 1.165) is 90.0 Å². The molecule has 3 aliphatic heterocycles. The average Bonchev–Trinajstić information content (AvgIpc) is 3.66. The van der Waals surface area contributed by atoms with Crippen LogP contribution in [-0.2, 0) is 17.8 Å². The number of nitrogens with zero attached hydrogens (tertiary/aromatic N) is 7. The number of benzene rings is 3. The van der Waals surface area contributed by atoms with Crippen LogP contribution in [0.25, 0.3) is 16.8 Å². The maximum Gasteiger partial charge on any atom is 0.318 e. The number of hydrogen-bond acceptors (Lipinski definition) is 9. The molecule has 10 nitrogen and oxygen atoms in total. The quantitative estimate of drug-likeness (QED) is 0.145. The second-order valence-electron chi connectivity index (χ2n) is 14.4. The van der Waals surface area contributed by atoms with E-state index in [1.807, 2.05) is 36.4 Å². The number of hydrogen-bond donors (Lipinski definition) is 1. The van der Waals surface area contributed by atoms with Gasteiger partial charge in [-0.15, -0.1) is 0 Å². The minimum atomic E-state index is -0.515. The molecule has 0 spiro atoms. The summed E-state index contributed by atoms with van der Waals surface area (Å²) in [5.74, 6) is 0.655. The molecule has 0 radical (unpaired) electrons. The number of fused-ring (bicyclic) bond motifs is 2. The van der Waals surface area contributed by atoms with Crippen LogP contribution in [0.1, 0.15) is 60.6 Å². The Bertz CT molecular complexity index is 2040. The molecule has 3 atom stereocenters. The molecule has 1 N–H and O–H groups in total. The maximum absolute atomic E-state index is 12.7. The molecule has 2 saturated heterocycles. The van der Waals surface area contributed by atoms with Crippen LogP contribution in [0.2, 0.25) is 5.02 Å². The second kappa shape index (κ2) is 17.0. The topological polar surface area (TPSA) is 109 Å². The lowest BCUT2D eigenvalue weighted by molar-refractivity contribution is -0.128. The Kier molecular flexibility index (Phi) is 11.8. The standard InChI is InChI=1S/C43H48ClN7O3/c1-3-30-10-5-13-32(26-30)39(52)17-9-22-48-21-8-14-34(48)29-54-43-46-37-28-49(38-16-7-12-31-11-6-15-36(44)41(31)38)23-19-35(37)42(47-43)50-24-25-51(40(53)4-2)33(27-50)18-20-45/h3-7,10-13,15-16,26,33-34,39,52H,1-2,8-9,14,17-19,21-25,27-29H2/t33-,34?,39?/m0/s1. The number of anilines is 2. The molecular weight excluding hydrogens is 698 g/mol. The number of aromatic nitrogens is 2. The van der Waals surface area contributed by atoms with Gasteiger partial charge < -0.3 is 24.5 Å². The van der Waals surface area contributed by atoms with Gasteiger partial charge in [-0.2, -0.15) is 15.2 Å². The van der Waals surface area contributed by atoms with Crippen molar-refractivity contribution in [3.05, 3.63) is 107 Å². The zero-order valence-corrected chi connectivity index (χ0v) is 31.5. The highest BCUT2D eigenvalue weighted by molar-refractivity contribution is 6.36. The molecular formula is C43H48ClN7O3. The summed E-state index contributed by atoms with van der Waals surface area (Å²) in [6.45, 7) is 12.7. The number of aliphatic hydroxyl groups is 1. The molecule has 4 heterocycles. The van der Waals surface area contributed by atoms with Crippen LogP contribution in [0, 0.1) is 11.3 Å². The number of amides is 1. The van der Waals surface area contributed by atoms with Crippen LogP contribution >= 0.6 is 11.6 Å². The molecule has 2 unspecified atom stereocenters. The summed E-state index contributed by atoms with van der Waals surface area (Å²) in [6, 6.07) is 22.7. The van der Waals surface area contributed by atoms with Gasteiger partial charge >= 0.3 is 6.01 Å². The monoisotopic (exact) mass is 745 g/mol. The first-order chi connectivity index (χ1) is 26.4. The van der Waals surface area contributed by atoms with Crippen LogP contribution < -0.4 is 14.5 Å². The van der Waals surface area contributed by atoms with Gasteiger partial charge in [0.1, 0.15) is 12.4 Å². The van der Waals surface area contributed by atoms with E-state index < -0.39 is 6.10 Å². The number of carbonyl (C=O) groups is 1. The van der Waals surface area contributed by atoms with Gasteiger partial charge in [0.25, 0.3) is 0 Å². The largest absolute Gasteiger partial charge is 0.462 e. The molecule has 0 bridgehead atoms. The number of likely N-dealkylation sites (tertiary alicyclic amines) is 1. The normalized spacial score (nSPS) is 19.3. The number of ether oxygens (including phenoxy) is 1. The summed E-state index contributed by atoms with van der Waals surface area (Å²) in [5, 5.41) is 23.4. The smallest absolute Gasteiger partial charge is 0.318 e. The third-order valence-corrected chi connectivity index (χ3v) is 11.4. The van der Waals surface area contributed by atoms with Crippen molar-refractivity contribution in [2.75, 3.05) is 55.7 Å². The summed E-state index contributed by atoms with van der Waals surface area (Å²) in [6.07, 6.45) is 7.21. The highest BCUT2D eigenvalue weighted by Crippen LogP contribution is 2.37. The first kappa shape index (κ1) is 37.4. The Balaban J connectivity index is 1.10. The predicted molar refractivity (Wildman–Crippen MR) is 215 cm³/mol. The zero-order chi connectivity index (χ0) is 37.6. The average molecular weight is 746 g/mol. The Hall–Kier alpha value is -4.95. The molecule has 3 aliphatic rings. The van der Waals surface area contributed by atoms with Crippen molar-refractivity contribution in [1.82, 2.24) is 19.8 Å². The number of piperazine rings is 1. The van der Waals surface area contributed by atoms with E-state index in [9.17, 15) is 15.2 Å². The van der Waals surface area contributed by atoms with Crippen molar-refractivity contribution >= 4 is 45.9 Å². The van der Waals surface area contributed by atoms with Gasteiger partial charge in [-0.3, -0.25) is 9.69 Å². The minimum absolute atomic E-state index is 0.162. The number of nitriles is 1. The fraction of sp³-hybridized carbons (Fsp3) is 0.395. The molecule has 280 valence electrons. The first-order valence-electron chi connectivity index (χ1n) is 19.0. The highest BCUT2D eigenvalue weighted by atomic mass is 35.5. The number of aliphatic hydroxyl groups excluding tert-OH is 1. The van der Waals surface area contributed by atoms with Crippen molar-refractivity contribution < 1.29 is 14.6 Å². The van der Waals surface area contributed by atoms with E-state index in [-0.39, 0.29) is 24.4 Å². The van der Waals surface area contributed by atoms with Gasteiger partial charge in [0.15, 0.2) is 0 Å². The summed E-state index contributed by atoms with van der Waals surface area (Å²) < 4.78 is 6.50. The molecule has 0 saturated carbocycles. The molecule has 1 aromatic heterocycles. The van der Waals surface area contributed by atoms with Crippen LogP contribution in [0.15, 0.2) is 79.9 Å². The second-order valence-corrected chi connectivity index (χ2v) is 14.8. The third-order valence-electron chi connectivity index (χ3n) is 11.1. The third kappa shape index (κ3) is 8.09. The molecule has 1 amide bonds. The van der Waals surface area contributed by atoms with Crippen molar-refractivity contribution in [2.45, 2.75) is 63.3 Å². The maximum atomic E-state index is 12.7. The van der Waals surface area contributed by atoms with E-state index in [1.165, 1.54) is 6.08 Å². The van der Waals surface area contributed by atoms with Crippen LogP contribution in [0.4, 0.5) is 11.5 Å². The van der Waals surface area contributed by atoms with Gasteiger partial charge in [0.05, 0.1) is 41.9 Å². The fourth-order valence-corrected chi connectivity index (χ4v) is 8.57. The number of rotatable bonds is 13. The fourth-order valence-electron chi connectivity index (χ4n) is 8.29. The van der Waals surface area contributed by atoms with E-state index in [4.69, 9.17) is 26.3 Å². The van der Waals surface area contributed by atoms with Gasteiger partial charge in [-0.1, -0.05) is 73.3 Å². The predicted octanol–water partition coefficient (Wildman–Crippen LogP) is 6.96. The highest BCUT2D eigenvalue weighted by Gasteiger charge is 2.34. The van der Waals surface area contributed by atoms with Crippen LogP contribution in [-0.4, -0.2) is 88.7 Å². The number of carbonyl (C=O) groups excluding carboxylic acids is 1. The minimum Gasteiger partial charge on any atom is -0.462 e. The van der Waals surface area contributed by atoms with Gasteiger partial charge in [0.2, 0.25) is 5.91 Å². The summed E-state index contributed by atoms with van der Waals surface area (Å²) in [7, 11) is 0. The summed E-state index contributed by atoms with van der Waals surface area (Å²) >= 11 is 6.76. The van der Waals surface area contributed by atoms with Crippen LogP contribution in [0.5, 0.6) is 6.01 Å². The summed E-state index contributed by atoms with van der Waals surface area (Å²) in [5.41, 5.74) is 4.97. The van der Waals surface area contributed by atoms with Crippen LogP contribution in [0.3, 0.4) is 0 Å². The molecule has 3 aromatic carbocycles. The lowest BCUT2D eigenvalue weighted by atomic mass is 10.0. The number of halogens is 1. The lowest BCUT2D eigenvalue weighted by Crippen LogP contribution is -2.55. The molecule has 4 aromatic rings. The Morgan fingerprint density at radius 2 is 1.89 bits per heavy atom. The van der Waals surface area contributed by atoms with E-state index in [1.54, 1.807) is 11.0 Å². The molecule has 54 heavy (non-hydrogen) atoms. The van der Waals surface area contributed by atoms with Crippen molar-refractivity contribution in [1.29, 1.82) is 5.26 Å². The molecule has 11 heteroatoms. The Morgan fingerprint density at radius 3 is 2.70 bits per heavy atom. The Labute approximate surface area is 322 Å². The van der Waals surface area contributed by atoms with E-state index in [0.29, 0.717) is 50.2 Å². The van der Waals surface area contributed by atoms with E-state index in [2.05, 4.69) is 58.2 Å². The van der Waals surface area contributed by atoms with Gasteiger partial charge in [0, 0.05) is 48.9 Å². The lowest BCUT2D eigenvalue weighted by Gasteiger charge is -2.42. The van der Waals surface area contributed by atoms with E-state index >= 15 is 0 Å². The zero-order valence-electron chi connectivity index (χ0n) is 30.7. The van der Waals surface area contributed by atoms with Crippen molar-refractivity contribution in [3.63, 3.8) is 0 Å². The first-order valence-corrected chi connectivity index (χ1v) is 19.4. The summed E-state index contributed by atoms with van der Waals surface area (Å²) in [4.78, 5) is 31.5. The SMILES string of the molecule is C=CC(=O)N1CCN(c2nc(OCC3CCCN3CCCC(O)c3cccc(C=C)c3)nc3c2CCN(c2cccc4cccc(Cl)c24)C3)C[C@@H]1CC#N. The Morgan fingerprint density at radius 1 is 1.06 bits per heavy atom. The van der Waals surface area contributed by atoms with Crippen molar-refractivity contribution in [3.8, 4) is 12.1 Å².